The van der Waals surface area contributed by atoms with E-state index >= 15 is 0 Å². The lowest BCUT2D eigenvalue weighted by atomic mass is 9.86. The van der Waals surface area contributed by atoms with E-state index < -0.39 is 10.0 Å². The summed E-state index contributed by atoms with van der Waals surface area (Å²) in [7, 11) is -1.22. The first-order chi connectivity index (χ1) is 17.2. The van der Waals surface area contributed by atoms with Gasteiger partial charge in [0.25, 0.3) is 0 Å². The number of dihydropyridines is 1. The van der Waals surface area contributed by atoms with Crippen LogP contribution in [0.3, 0.4) is 0 Å². The molecule has 0 unspecified atom stereocenters. The SMILES string of the molecule is CS1(C)c2ccccc2-c2ccc3c(-c4ccccn4)c4ccccc4c(C4=NCCC=C4)c3c21. The number of nitrogens with zero attached hydrogens (tertiary/aromatic N) is 2. The summed E-state index contributed by atoms with van der Waals surface area (Å²) in [6.07, 6.45) is 12.3. The van der Waals surface area contributed by atoms with Gasteiger partial charge in [0.05, 0.1) is 11.4 Å². The predicted octanol–water partition coefficient (Wildman–Crippen LogP) is 8.27. The minimum absolute atomic E-state index is 0.842. The lowest BCUT2D eigenvalue weighted by molar-refractivity contribution is 0.995. The van der Waals surface area contributed by atoms with Crippen molar-refractivity contribution in [1.82, 2.24) is 4.98 Å². The molecule has 0 aliphatic carbocycles. The van der Waals surface area contributed by atoms with Gasteiger partial charge in [0.15, 0.2) is 0 Å². The molecule has 7 rings (SSSR count). The van der Waals surface area contributed by atoms with E-state index in [0.29, 0.717) is 0 Å². The molecule has 1 aromatic heterocycles. The molecule has 3 heterocycles. The zero-order chi connectivity index (χ0) is 23.6. The van der Waals surface area contributed by atoms with E-state index in [1.165, 1.54) is 53.6 Å². The van der Waals surface area contributed by atoms with Crippen molar-refractivity contribution in [1.29, 1.82) is 0 Å². The fourth-order valence-corrected chi connectivity index (χ4v) is 8.76. The fraction of sp³-hybridized carbons (Fsp3) is 0.125. The minimum Gasteiger partial charge on any atom is -0.284 e. The van der Waals surface area contributed by atoms with Crippen molar-refractivity contribution in [3.05, 3.63) is 103 Å². The highest BCUT2D eigenvalue weighted by Crippen LogP contribution is 2.69. The predicted molar refractivity (Wildman–Crippen MR) is 151 cm³/mol. The Bertz CT molecular complexity index is 1710. The van der Waals surface area contributed by atoms with Crippen LogP contribution in [-0.4, -0.2) is 29.8 Å². The Balaban J connectivity index is 1.74. The maximum atomic E-state index is 5.05. The second-order valence-corrected chi connectivity index (χ2v) is 13.2. The Kier molecular flexibility index (Phi) is 4.52. The molecule has 0 amide bonds. The smallest absolute Gasteiger partial charge is 0.0714 e. The van der Waals surface area contributed by atoms with Crippen molar-refractivity contribution in [3.8, 4) is 22.4 Å². The average Bonchev–Trinajstić information content (AvgIpc) is 3.15. The van der Waals surface area contributed by atoms with Crippen LogP contribution in [-0.2, 0) is 0 Å². The van der Waals surface area contributed by atoms with Gasteiger partial charge < -0.3 is 0 Å². The third-order valence-corrected chi connectivity index (χ3v) is 10.3. The summed E-state index contributed by atoms with van der Waals surface area (Å²) in [6.45, 7) is 0.842. The molecule has 0 N–H and O–H groups in total. The molecule has 0 radical (unpaired) electrons. The highest BCUT2D eigenvalue weighted by Gasteiger charge is 2.35. The number of rotatable bonds is 2. The Morgan fingerprint density at radius 2 is 1.49 bits per heavy atom. The first kappa shape index (κ1) is 20.7. The van der Waals surface area contributed by atoms with Gasteiger partial charge in [0.1, 0.15) is 0 Å². The monoisotopic (exact) mass is 470 g/mol. The molecule has 2 aliphatic heterocycles. The first-order valence-electron chi connectivity index (χ1n) is 12.1. The van der Waals surface area contributed by atoms with Crippen molar-refractivity contribution < 1.29 is 0 Å². The zero-order valence-corrected chi connectivity index (χ0v) is 20.8. The van der Waals surface area contributed by atoms with E-state index in [9.17, 15) is 0 Å². The molecular formula is C32H26N2S. The van der Waals surface area contributed by atoms with Gasteiger partial charge in [-0.2, -0.15) is 10.0 Å². The van der Waals surface area contributed by atoms with Crippen LogP contribution in [0.1, 0.15) is 12.0 Å². The van der Waals surface area contributed by atoms with Gasteiger partial charge >= 0.3 is 0 Å². The van der Waals surface area contributed by atoms with Crippen LogP contribution in [0.4, 0.5) is 0 Å². The van der Waals surface area contributed by atoms with Crippen molar-refractivity contribution in [2.45, 2.75) is 16.2 Å². The molecule has 0 fully saturated rings. The third-order valence-electron chi connectivity index (χ3n) is 7.41. The second-order valence-electron chi connectivity index (χ2n) is 9.66. The van der Waals surface area contributed by atoms with E-state index in [0.717, 1.165) is 24.4 Å². The highest BCUT2D eigenvalue weighted by atomic mass is 32.3. The second kappa shape index (κ2) is 7.66. The van der Waals surface area contributed by atoms with Gasteiger partial charge in [-0.3, -0.25) is 9.98 Å². The van der Waals surface area contributed by atoms with E-state index in [2.05, 4.69) is 97.5 Å². The third kappa shape index (κ3) is 2.91. The van der Waals surface area contributed by atoms with Gasteiger partial charge in [-0.25, -0.2) is 0 Å². The molecule has 0 spiro atoms. The van der Waals surface area contributed by atoms with Gasteiger partial charge in [0, 0.05) is 39.0 Å². The van der Waals surface area contributed by atoms with Crippen LogP contribution in [0.5, 0.6) is 0 Å². The number of benzene rings is 4. The summed E-state index contributed by atoms with van der Waals surface area (Å²) < 4.78 is 0. The minimum atomic E-state index is -1.22. The summed E-state index contributed by atoms with van der Waals surface area (Å²) in [5.74, 6) is 0. The Labute approximate surface area is 207 Å². The van der Waals surface area contributed by atoms with Crippen molar-refractivity contribution in [3.63, 3.8) is 0 Å². The fourth-order valence-electron chi connectivity index (χ4n) is 5.95. The van der Waals surface area contributed by atoms with Crippen molar-refractivity contribution in [2.24, 2.45) is 4.99 Å². The van der Waals surface area contributed by atoms with Gasteiger partial charge in [0.2, 0.25) is 0 Å². The van der Waals surface area contributed by atoms with E-state index in [4.69, 9.17) is 9.98 Å². The van der Waals surface area contributed by atoms with E-state index in [-0.39, 0.29) is 0 Å². The number of aliphatic imine (C=N–C) groups is 1. The van der Waals surface area contributed by atoms with Crippen LogP contribution < -0.4 is 0 Å². The number of aromatic nitrogens is 1. The number of allylic oxidation sites excluding steroid dienone is 1. The molecule has 2 aliphatic rings. The summed E-state index contributed by atoms with van der Waals surface area (Å²) in [4.78, 5) is 12.8. The number of hydrogen-bond donors (Lipinski definition) is 0. The van der Waals surface area contributed by atoms with Crippen LogP contribution in [0.2, 0.25) is 0 Å². The van der Waals surface area contributed by atoms with Gasteiger partial charge in [-0.05, 0) is 70.5 Å². The standard InChI is InChI=1S/C32H26N2S/c1-35(2)28-16-6-5-11-21(28)24-17-18-25-29(26-14-7-9-19-33-26)22-12-3-4-13-23(22)30(31(25)32(24)35)27-15-8-10-20-34-27/h3-9,11-19H,10,20H2,1-2H3. The molecule has 35 heavy (non-hydrogen) atoms. The maximum Gasteiger partial charge on any atom is 0.0714 e. The maximum absolute atomic E-state index is 5.05. The number of hydrogen-bond acceptors (Lipinski definition) is 2. The van der Waals surface area contributed by atoms with Crippen LogP contribution in [0.25, 0.3) is 43.9 Å². The molecule has 5 aromatic rings. The van der Waals surface area contributed by atoms with Gasteiger partial charge in [-0.1, -0.05) is 66.7 Å². The molecule has 0 atom stereocenters. The van der Waals surface area contributed by atoms with Crippen LogP contribution >= 0.6 is 10.0 Å². The number of fused-ring (bicyclic) bond motifs is 6. The molecule has 2 nitrogen and oxygen atoms in total. The summed E-state index contributed by atoms with van der Waals surface area (Å²) in [6, 6.07) is 28.7. The van der Waals surface area contributed by atoms with Gasteiger partial charge in [-0.15, -0.1) is 0 Å². The molecule has 0 saturated carbocycles. The normalized spacial score (nSPS) is 16.7. The van der Waals surface area contributed by atoms with Crippen LogP contribution in [0.15, 0.2) is 112 Å². The van der Waals surface area contributed by atoms with Crippen molar-refractivity contribution >= 4 is 37.3 Å². The molecule has 4 aromatic carbocycles. The van der Waals surface area contributed by atoms with Crippen LogP contribution in [0, 0.1) is 0 Å². The Morgan fingerprint density at radius 1 is 0.714 bits per heavy atom. The lowest BCUT2D eigenvalue weighted by Gasteiger charge is -2.31. The average molecular weight is 471 g/mol. The molecule has 0 saturated heterocycles. The topological polar surface area (TPSA) is 25.2 Å². The Morgan fingerprint density at radius 3 is 2.26 bits per heavy atom. The summed E-state index contributed by atoms with van der Waals surface area (Å²) in [5, 5.41) is 5.11. The quantitative estimate of drug-likeness (QED) is 0.238. The summed E-state index contributed by atoms with van der Waals surface area (Å²) >= 11 is 0. The highest BCUT2D eigenvalue weighted by molar-refractivity contribution is 8.33. The molecular weight excluding hydrogens is 444 g/mol. The lowest BCUT2D eigenvalue weighted by Crippen LogP contribution is -2.07. The van der Waals surface area contributed by atoms with E-state index in [1.54, 1.807) is 0 Å². The van der Waals surface area contributed by atoms with E-state index in [1.807, 2.05) is 12.3 Å². The Hall–Kier alpha value is -3.69. The molecule has 170 valence electrons. The number of pyridine rings is 1. The van der Waals surface area contributed by atoms with Crippen molar-refractivity contribution in [2.75, 3.05) is 19.1 Å². The zero-order valence-electron chi connectivity index (χ0n) is 20.0. The molecule has 0 bridgehead atoms. The summed E-state index contributed by atoms with van der Waals surface area (Å²) in [5.41, 5.74) is 7.36. The molecule has 3 heteroatoms. The largest absolute Gasteiger partial charge is 0.284 e. The first-order valence-corrected chi connectivity index (χ1v) is 14.6.